The van der Waals surface area contributed by atoms with Crippen LogP contribution < -0.4 is 10.6 Å². The zero-order valence-electron chi connectivity index (χ0n) is 10.7. The van der Waals surface area contributed by atoms with Gasteiger partial charge in [0.25, 0.3) is 0 Å². The number of aromatic nitrogens is 2. The van der Waals surface area contributed by atoms with Gasteiger partial charge in [0.1, 0.15) is 5.82 Å². The van der Waals surface area contributed by atoms with Crippen LogP contribution in [0.5, 0.6) is 0 Å². The van der Waals surface area contributed by atoms with Gasteiger partial charge in [-0.2, -0.15) is 4.98 Å². The highest BCUT2D eigenvalue weighted by Gasteiger charge is 2.04. The average Bonchev–Trinajstić information content (AvgIpc) is 2.38. The summed E-state index contributed by atoms with van der Waals surface area (Å²) in [4.78, 5) is 8.72. The molecule has 0 saturated carbocycles. The largest absolute Gasteiger partial charge is 0.351 e. The van der Waals surface area contributed by atoms with E-state index in [2.05, 4.69) is 43.1 Å². The molecule has 2 N–H and O–H groups in total. The monoisotopic (exact) mass is 318 g/mol. The molecular weight excluding hydrogens is 304 g/mol. The Hall–Kier alpha value is -1.88. The van der Waals surface area contributed by atoms with Gasteiger partial charge in [0, 0.05) is 22.8 Å². The highest BCUT2D eigenvalue weighted by Crippen LogP contribution is 2.24. The van der Waals surface area contributed by atoms with Gasteiger partial charge < -0.3 is 10.6 Å². The van der Waals surface area contributed by atoms with E-state index in [4.69, 9.17) is 0 Å². The summed E-state index contributed by atoms with van der Waals surface area (Å²) in [6.45, 7) is 6.23. The Kier molecular flexibility index (Phi) is 4.52. The SMILES string of the molecule is C=CCNc1nc(C)cc(Nc2ccccc2Br)n1. The van der Waals surface area contributed by atoms with E-state index in [9.17, 15) is 0 Å². The number of para-hydroxylation sites is 1. The van der Waals surface area contributed by atoms with E-state index in [1.165, 1.54) is 0 Å². The minimum atomic E-state index is 0.592. The number of nitrogens with one attached hydrogen (secondary N) is 2. The molecule has 2 rings (SSSR count). The number of benzene rings is 1. The van der Waals surface area contributed by atoms with Crippen molar-refractivity contribution in [1.82, 2.24) is 9.97 Å². The third-order valence-corrected chi connectivity index (χ3v) is 3.09. The van der Waals surface area contributed by atoms with Gasteiger partial charge in [-0.3, -0.25) is 0 Å². The van der Waals surface area contributed by atoms with Gasteiger partial charge in [0.15, 0.2) is 0 Å². The molecule has 5 heteroatoms. The van der Waals surface area contributed by atoms with Crippen molar-refractivity contribution in [1.29, 1.82) is 0 Å². The van der Waals surface area contributed by atoms with E-state index in [-0.39, 0.29) is 0 Å². The van der Waals surface area contributed by atoms with Crippen molar-refractivity contribution in [2.24, 2.45) is 0 Å². The predicted molar refractivity (Wildman–Crippen MR) is 82.9 cm³/mol. The molecule has 1 heterocycles. The lowest BCUT2D eigenvalue weighted by atomic mass is 10.3. The second-order valence-corrected chi connectivity index (χ2v) is 4.85. The third kappa shape index (κ3) is 3.79. The molecule has 98 valence electrons. The number of anilines is 3. The topological polar surface area (TPSA) is 49.8 Å². The maximum Gasteiger partial charge on any atom is 0.225 e. The van der Waals surface area contributed by atoms with E-state index in [1.807, 2.05) is 37.3 Å². The van der Waals surface area contributed by atoms with Crippen LogP contribution in [-0.2, 0) is 0 Å². The quantitative estimate of drug-likeness (QED) is 0.821. The molecule has 0 aliphatic carbocycles. The van der Waals surface area contributed by atoms with Crippen LogP contribution in [-0.4, -0.2) is 16.5 Å². The molecule has 0 saturated heterocycles. The van der Waals surface area contributed by atoms with Gasteiger partial charge in [-0.25, -0.2) is 4.98 Å². The maximum absolute atomic E-state index is 4.41. The maximum atomic E-state index is 4.41. The number of aryl methyl sites for hydroxylation is 1. The van der Waals surface area contributed by atoms with Crippen LogP contribution in [0.15, 0.2) is 47.5 Å². The molecule has 0 fully saturated rings. The molecular formula is C14H15BrN4. The summed E-state index contributed by atoms with van der Waals surface area (Å²) in [7, 11) is 0. The van der Waals surface area contributed by atoms with Crippen LogP contribution in [0.2, 0.25) is 0 Å². The second kappa shape index (κ2) is 6.33. The van der Waals surface area contributed by atoms with Crippen LogP contribution in [0.4, 0.5) is 17.5 Å². The van der Waals surface area contributed by atoms with Gasteiger partial charge in [0.2, 0.25) is 5.95 Å². The van der Waals surface area contributed by atoms with E-state index >= 15 is 0 Å². The number of rotatable bonds is 5. The molecule has 0 unspecified atom stereocenters. The lowest BCUT2D eigenvalue weighted by Gasteiger charge is -2.10. The van der Waals surface area contributed by atoms with Crippen molar-refractivity contribution in [3.05, 3.63) is 53.2 Å². The van der Waals surface area contributed by atoms with Crippen molar-refractivity contribution in [3.63, 3.8) is 0 Å². The van der Waals surface area contributed by atoms with Crippen molar-refractivity contribution < 1.29 is 0 Å². The smallest absolute Gasteiger partial charge is 0.225 e. The fraction of sp³-hybridized carbons (Fsp3) is 0.143. The molecule has 2 aromatic rings. The standard InChI is InChI=1S/C14H15BrN4/c1-3-8-16-14-17-10(2)9-13(19-14)18-12-7-5-4-6-11(12)15/h3-7,9H,1,8H2,2H3,(H2,16,17,18,19). The van der Waals surface area contributed by atoms with Crippen LogP contribution in [0, 0.1) is 6.92 Å². The van der Waals surface area contributed by atoms with E-state index in [0.717, 1.165) is 21.7 Å². The summed E-state index contributed by atoms with van der Waals surface area (Å²) in [6, 6.07) is 9.81. The summed E-state index contributed by atoms with van der Waals surface area (Å²) in [5, 5.41) is 6.35. The predicted octanol–water partition coefficient (Wildman–Crippen LogP) is 3.89. The van der Waals surface area contributed by atoms with Crippen LogP contribution >= 0.6 is 15.9 Å². The fourth-order valence-electron chi connectivity index (χ4n) is 1.58. The fourth-order valence-corrected chi connectivity index (χ4v) is 1.96. The molecule has 0 amide bonds. The first-order chi connectivity index (χ1) is 9.19. The van der Waals surface area contributed by atoms with Crippen molar-refractivity contribution in [2.75, 3.05) is 17.2 Å². The molecule has 0 aliphatic rings. The first kappa shape index (κ1) is 13.5. The summed E-state index contributed by atoms with van der Waals surface area (Å²) < 4.78 is 0.992. The van der Waals surface area contributed by atoms with E-state index in [1.54, 1.807) is 6.08 Å². The zero-order chi connectivity index (χ0) is 13.7. The minimum Gasteiger partial charge on any atom is -0.351 e. The average molecular weight is 319 g/mol. The highest BCUT2D eigenvalue weighted by molar-refractivity contribution is 9.10. The van der Waals surface area contributed by atoms with Crippen LogP contribution in [0.1, 0.15) is 5.69 Å². The normalized spacial score (nSPS) is 10.0. The molecule has 1 aromatic heterocycles. The Morgan fingerprint density at radius 2 is 2.11 bits per heavy atom. The third-order valence-electron chi connectivity index (χ3n) is 2.40. The molecule has 0 radical (unpaired) electrons. The van der Waals surface area contributed by atoms with Gasteiger partial charge in [0.05, 0.1) is 5.69 Å². The Bertz CT molecular complexity index is 583. The number of nitrogens with zero attached hydrogens (tertiary/aromatic N) is 2. The summed E-state index contributed by atoms with van der Waals surface area (Å²) in [5.41, 5.74) is 1.87. The van der Waals surface area contributed by atoms with E-state index < -0.39 is 0 Å². The first-order valence-corrected chi connectivity index (χ1v) is 6.70. The Balaban J connectivity index is 2.22. The minimum absolute atomic E-state index is 0.592. The van der Waals surface area contributed by atoms with Crippen molar-refractivity contribution in [2.45, 2.75) is 6.92 Å². The molecule has 4 nitrogen and oxygen atoms in total. The molecule has 0 aliphatic heterocycles. The molecule has 1 aromatic carbocycles. The molecule has 0 bridgehead atoms. The van der Waals surface area contributed by atoms with Crippen molar-refractivity contribution >= 4 is 33.4 Å². The van der Waals surface area contributed by atoms with Gasteiger partial charge in [-0.15, -0.1) is 6.58 Å². The van der Waals surface area contributed by atoms with Crippen LogP contribution in [0.25, 0.3) is 0 Å². The highest BCUT2D eigenvalue weighted by atomic mass is 79.9. The number of hydrogen-bond acceptors (Lipinski definition) is 4. The first-order valence-electron chi connectivity index (χ1n) is 5.91. The zero-order valence-corrected chi connectivity index (χ0v) is 12.2. The lowest BCUT2D eigenvalue weighted by Crippen LogP contribution is -2.06. The van der Waals surface area contributed by atoms with Gasteiger partial charge in [-0.05, 0) is 35.0 Å². The Labute approximate surface area is 121 Å². The Morgan fingerprint density at radius 3 is 2.84 bits per heavy atom. The van der Waals surface area contributed by atoms with E-state index in [0.29, 0.717) is 12.5 Å². The van der Waals surface area contributed by atoms with Gasteiger partial charge in [-0.1, -0.05) is 18.2 Å². The van der Waals surface area contributed by atoms with Gasteiger partial charge >= 0.3 is 0 Å². The lowest BCUT2D eigenvalue weighted by molar-refractivity contribution is 1.08. The summed E-state index contributed by atoms with van der Waals surface area (Å²) in [6.07, 6.45) is 1.77. The summed E-state index contributed by atoms with van der Waals surface area (Å²) >= 11 is 3.50. The number of hydrogen-bond donors (Lipinski definition) is 2. The number of halogens is 1. The van der Waals surface area contributed by atoms with Crippen LogP contribution in [0.3, 0.4) is 0 Å². The summed E-state index contributed by atoms with van der Waals surface area (Å²) in [5.74, 6) is 1.35. The van der Waals surface area contributed by atoms with Crippen molar-refractivity contribution in [3.8, 4) is 0 Å². The molecule has 0 atom stereocenters. The molecule has 0 spiro atoms. The molecule has 19 heavy (non-hydrogen) atoms. The second-order valence-electron chi connectivity index (χ2n) is 3.99. The Morgan fingerprint density at radius 1 is 1.32 bits per heavy atom.